The zero-order chi connectivity index (χ0) is 9.19. The maximum atomic E-state index is 4.40. The summed E-state index contributed by atoms with van der Waals surface area (Å²) >= 11 is 0. The van der Waals surface area contributed by atoms with E-state index in [-0.39, 0.29) is 5.41 Å². The Bertz CT molecular complexity index is 250. The fourth-order valence-corrected chi connectivity index (χ4v) is 0.914. The van der Waals surface area contributed by atoms with Crippen molar-refractivity contribution >= 4 is 0 Å². The van der Waals surface area contributed by atoms with Gasteiger partial charge in [-0.15, -0.1) is 0 Å². The summed E-state index contributed by atoms with van der Waals surface area (Å²) in [6.45, 7) is 8.55. The Morgan fingerprint density at radius 2 is 2.00 bits per heavy atom. The smallest absolute Gasteiger partial charge is 0.156 e. The summed E-state index contributed by atoms with van der Waals surface area (Å²) in [5.74, 6) is 1.91. The van der Waals surface area contributed by atoms with Gasteiger partial charge in [0.25, 0.3) is 0 Å². The average molecular weight is 167 g/mol. The molecule has 0 fully saturated rings. The van der Waals surface area contributed by atoms with Crippen LogP contribution in [0.25, 0.3) is 0 Å². The summed E-state index contributed by atoms with van der Waals surface area (Å²) < 4.78 is 0. The van der Waals surface area contributed by atoms with Crippen molar-refractivity contribution in [3.05, 3.63) is 11.6 Å². The van der Waals surface area contributed by atoms with Gasteiger partial charge in [0.05, 0.1) is 0 Å². The fraction of sp³-hybridized carbons (Fsp3) is 0.778. The summed E-state index contributed by atoms with van der Waals surface area (Å²) in [7, 11) is 0. The van der Waals surface area contributed by atoms with Gasteiger partial charge in [0.1, 0.15) is 5.82 Å². The third-order valence-corrected chi connectivity index (χ3v) is 2.36. The van der Waals surface area contributed by atoms with Crippen LogP contribution in [0.15, 0.2) is 0 Å². The van der Waals surface area contributed by atoms with Crippen molar-refractivity contribution in [3.8, 4) is 0 Å². The standard InChI is InChI=1S/C9H17N3/c1-5-7-10-8(12-11-7)9(3,4)6-2/h5-6H2,1-4H3,(H,10,11,12). The number of aryl methyl sites for hydroxylation is 1. The molecular formula is C9H17N3. The third-order valence-electron chi connectivity index (χ3n) is 2.36. The molecule has 0 aliphatic heterocycles. The number of nitrogens with zero attached hydrogens (tertiary/aromatic N) is 2. The molecule has 3 heteroatoms. The molecule has 0 atom stereocenters. The first-order valence-corrected chi connectivity index (χ1v) is 4.52. The highest BCUT2D eigenvalue weighted by Gasteiger charge is 2.22. The lowest BCUT2D eigenvalue weighted by molar-refractivity contribution is 0.474. The normalized spacial score (nSPS) is 12.0. The molecule has 0 radical (unpaired) electrons. The molecule has 0 spiro atoms. The molecule has 1 aromatic heterocycles. The van der Waals surface area contributed by atoms with Gasteiger partial charge in [-0.3, -0.25) is 5.10 Å². The van der Waals surface area contributed by atoms with E-state index < -0.39 is 0 Å². The quantitative estimate of drug-likeness (QED) is 0.748. The van der Waals surface area contributed by atoms with Crippen molar-refractivity contribution in [1.82, 2.24) is 15.2 Å². The van der Waals surface area contributed by atoms with Crippen LogP contribution < -0.4 is 0 Å². The van der Waals surface area contributed by atoms with Gasteiger partial charge in [0.15, 0.2) is 5.82 Å². The Hall–Kier alpha value is -0.860. The second kappa shape index (κ2) is 3.25. The second-order valence-electron chi connectivity index (χ2n) is 3.70. The van der Waals surface area contributed by atoms with Crippen LogP contribution >= 0.6 is 0 Å². The van der Waals surface area contributed by atoms with Gasteiger partial charge in [0.2, 0.25) is 0 Å². The lowest BCUT2D eigenvalue weighted by Crippen LogP contribution is -2.17. The van der Waals surface area contributed by atoms with E-state index in [2.05, 4.69) is 42.9 Å². The van der Waals surface area contributed by atoms with E-state index in [1.807, 2.05) is 0 Å². The molecule has 0 bridgehead atoms. The number of hydrogen-bond donors (Lipinski definition) is 1. The van der Waals surface area contributed by atoms with Crippen molar-refractivity contribution in [3.63, 3.8) is 0 Å². The van der Waals surface area contributed by atoms with Crippen molar-refractivity contribution in [2.24, 2.45) is 0 Å². The number of aromatic nitrogens is 3. The molecule has 0 saturated heterocycles. The van der Waals surface area contributed by atoms with Gasteiger partial charge in [-0.1, -0.05) is 27.7 Å². The van der Waals surface area contributed by atoms with Gasteiger partial charge < -0.3 is 0 Å². The fourth-order valence-electron chi connectivity index (χ4n) is 0.914. The average Bonchev–Trinajstić information content (AvgIpc) is 2.52. The number of aromatic amines is 1. The number of rotatable bonds is 3. The summed E-state index contributed by atoms with van der Waals surface area (Å²) in [6, 6.07) is 0. The molecule has 0 aliphatic carbocycles. The van der Waals surface area contributed by atoms with Gasteiger partial charge >= 0.3 is 0 Å². The molecule has 0 saturated carbocycles. The lowest BCUT2D eigenvalue weighted by atomic mass is 9.90. The van der Waals surface area contributed by atoms with E-state index in [4.69, 9.17) is 0 Å². The molecule has 0 amide bonds. The minimum atomic E-state index is 0.101. The molecule has 0 unspecified atom stereocenters. The SMILES string of the molecule is CCc1nc(C(C)(C)CC)n[nH]1. The minimum absolute atomic E-state index is 0.101. The predicted molar refractivity (Wildman–Crippen MR) is 49.1 cm³/mol. The second-order valence-corrected chi connectivity index (χ2v) is 3.70. The van der Waals surface area contributed by atoms with Crippen molar-refractivity contribution in [1.29, 1.82) is 0 Å². The molecule has 0 aliphatic rings. The predicted octanol–water partition coefficient (Wildman–Crippen LogP) is 2.05. The molecule has 1 rings (SSSR count). The van der Waals surface area contributed by atoms with E-state index in [1.54, 1.807) is 0 Å². The Kier molecular flexibility index (Phi) is 2.50. The van der Waals surface area contributed by atoms with Crippen LogP contribution in [0.2, 0.25) is 0 Å². The molecule has 1 aromatic rings. The molecule has 1 N–H and O–H groups in total. The number of H-pyrrole nitrogens is 1. The molecule has 3 nitrogen and oxygen atoms in total. The topological polar surface area (TPSA) is 41.6 Å². The van der Waals surface area contributed by atoms with E-state index in [0.29, 0.717) is 0 Å². The van der Waals surface area contributed by atoms with Gasteiger partial charge in [0, 0.05) is 11.8 Å². The lowest BCUT2D eigenvalue weighted by Gasteiger charge is -2.17. The first-order valence-electron chi connectivity index (χ1n) is 4.52. The van der Waals surface area contributed by atoms with Gasteiger partial charge in [-0.05, 0) is 6.42 Å². The molecule has 0 aromatic carbocycles. The first kappa shape index (κ1) is 9.23. The van der Waals surface area contributed by atoms with E-state index in [9.17, 15) is 0 Å². The Morgan fingerprint density at radius 3 is 2.42 bits per heavy atom. The number of nitrogens with one attached hydrogen (secondary N) is 1. The highest BCUT2D eigenvalue weighted by Crippen LogP contribution is 2.22. The highest BCUT2D eigenvalue weighted by molar-refractivity contribution is 5.03. The summed E-state index contributed by atoms with van der Waals surface area (Å²) in [5.41, 5.74) is 0.101. The first-order chi connectivity index (χ1) is 5.60. The molecule has 12 heavy (non-hydrogen) atoms. The zero-order valence-corrected chi connectivity index (χ0v) is 8.31. The summed E-state index contributed by atoms with van der Waals surface area (Å²) in [5, 5.41) is 7.13. The van der Waals surface area contributed by atoms with Gasteiger partial charge in [-0.25, -0.2) is 4.98 Å². The Labute approximate surface area is 73.6 Å². The van der Waals surface area contributed by atoms with Crippen LogP contribution in [0.1, 0.15) is 45.8 Å². The van der Waals surface area contributed by atoms with Crippen LogP contribution in [-0.4, -0.2) is 15.2 Å². The van der Waals surface area contributed by atoms with Crippen LogP contribution in [0.5, 0.6) is 0 Å². The maximum Gasteiger partial charge on any atom is 0.156 e. The van der Waals surface area contributed by atoms with Crippen molar-refractivity contribution in [2.45, 2.75) is 46.0 Å². The van der Waals surface area contributed by atoms with Crippen LogP contribution in [0, 0.1) is 0 Å². The van der Waals surface area contributed by atoms with E-state index in [0.717, 1.165) is 24.5 Å². The largest absolute Gasteiger partial charge is 0.263 e. The van der Waals surface area contributed by atoms with Crippen molar-refractivity contribution in [2.75, 3.05) is 0 Å². The summed E-state index contributed by atoms with van der Waals surface area (Å²) in [4.78, 5) is 4.40. The highest BCUT2D eigenvalue weighted by atomic mass is 15.2. The monoisotopic (exact) mass is 167 g/mol. The van der Waals surface area contributed by atoms with Crippen molar-refractivity contribution < 1.29 is 0 Å². The molecule has 1 heterocycles. The number of hydrogen-bond acceptors (Lipinski definition) is 2. The molecule has 68 valence electrons. The van der Waals surface area contributed by atoms with Crippen LogP contribution in [0.4, 0.5) is 0 Å². The summed E-state index contributed by atoms with van der Waals surface area (Å²) in [6.07, 6.45) is 1.99. The zero-order valence-electron chi connectivity index (χ0n) is 8.31. The minimum Gasteiger partial charge on any atom is -0.263 e. The van der Waals surface area contributed by atoms with E-state index in [1.165, 1.54) is 0 Å². The third kappa shape index (κ3) is 1.65. The Balaban J connectivity index is 2.88. The van der Waals surface area contributed by atoms with Crippen LogP contribution in [-0.2, 0) is 11.8 Å². The Morgan fingerprint density at radius 1 is 1.33 bits per heavy atom. The van der Waals surface area contributed by atoms with Crippen LogP contribution in [0.3, 0.4) is 0 Å². The molecular weight excluding hydrogens is 150 g/mol. The maximum absolute atomic E-state index is 4.40. The van der Waals surface area contributed by atoms with Gasteiger partial charge in [-0.2, -0.15) is 5.10 Å². The van der Waals surface area contributed by atoms with E-state index >= 15 is 0 Å².